The van der Waals surface area contributed by atoms with Gasteiger partial charge in [-0.25, -0.2) is 0 Å². The molecule has 0 radical (unpaired) electrons. The summed E-state index contributed by atoms with van der Waals surface area (Å²) in [6, 6.07) is 8.03. The fraction of sp³-hybridized carbons (Fsp3) is 0.455. The number of halogens is 1. The van der Waals surface area contributed by atoms with Gasteiger partial charge in [0.1, 0.15) is 5.75 Å². The maximum Gasteiger partial charge on any atom is 0.119 e. The van der Waals surface area contributed by atoms with Crippen molar-refractivity contribution in [2.45, 2.75) is 5.41 Å². The van der Waals surface area contributed by atoms with Gasteiger partial charge in [0.25, 0.3) is 0 Å². The molecule has 3 heteroatoms. The summed E-state index contributed by atoms with van der Waals surface area (Å²) < 4.78 is 10.4. The SMILES string of the molecule is COc1cccc(C2(CCl)COC2)c1. The lowest BCUT2D eigenvalue weighted by Crippen LogP contribution is -2.48. The predicted octanol–water partition coefficient (Wildman–Crippen LogP) is 2.20. The summed E-state index contributed by atoms with van der Waals surface area (Å²) in [5.74, 6) is 1.47. The Morgan fingerprint density at radius 2 is 2.29 bits per heavy atom. The maximum atomic E-state index is 5.97. The minimum Gasteiger partial charge on any atom is -0.497 e. The molecule has 0 N–H and O–H groups in total. The van der Waals surface area contributed by atoms with Gasteiger partial charge in [0.2, 0.25) is 0 Å². The van der Waals surface area contributed by atoms with Gasteiger partial charge in [-0.05, 0) is 17.7 Å². The Morgan fingerprint density at radius 3 is 2.79 bits per heavy atom. The molecule has 1 heterocycles. The van der Waals surface area contributed by atoms with E-state index < -0.39 is 0 Å². The number of hydrogen-bond donors (Lipinski definition) is 0. The van der Waals surface area contributed by atoms with Crippen LogP contribution in [-0.4, -0.2) is 26.2 Å². The molecule has 1 aromatic rings. The number of rotatable bonds is 3. The van der Waals surface area contributed by atoms with Gasteiger partial charge < -0.3 is 9.47 Å². The molecule has 1 aliphatic heterocycles. The van der Waals surface area contributed by atoms with Gasteiger partial charge in [0.15, 0.2) is 0 Å². The largest absolute Gasteiger partial charge is 0.497 e. The third kappa shape index (κ3) is 1.49. The molecule has 1 saturated heterocycles. The highest BCUT2D eigenvalue weighted by Gasteiger charge is 2.39. The van der Waals surface area contributed by atoms with E-state index in [1.54, 1.807) is 7.11 Å². The number of benzene rings is 1. The third-order valence-corrected chi connectivity index (χ3v) is 3.21. The van der Waals surface area contributed by atoms with E-state index in [-0.39, 0.29) is 5.41 Å². The quantitative estimate of drug-likeness (QED) is 0.716. The van der Waals surface area contributed by atoms with E-state index >= 15 is 0 Å². The van der Waals surface area contributed by atoms with Crippen LogP contribution in [0.15, 0.2) is 24.3 Å². The van der Waals surface area contributed by atoms with E-state index in [2.05, 4.69) is 6.07 Å². The van der Waals surface area contributed by atoms with Crippen molar-refractivity contribution in [3.63, 3.8) is 0 Å². The molecule has 1 aliphatic rings. The smallest absolute Gasteiger partial charge is 0.119 e. The monoisotopic (exact) mass is 212 g/mol. The molecule has 2 nitrogen and oxygen atoms in total. The summed E-state index contributed by atoms with van der Waals surface area (Å²) >= 11 is 5.97. The van der Waals surface area contributed by atoms with E-state index in [1.165, 1.54) is 5.56 Å². The van der Waals surface area contributed by atoms with Crippen molar-refractivity contribution >= 4 is 11.6 Å². The van der Waals surface area contributed by atoms with Gasteiger partial charge in [0.05, 0.1) is 25.7 Å². The Morgan fingerprint density at radius 1 is 1.50 bits per heavy atom. The molecule has 2 rings (SSSR count). The van der Waals surface area contributed by atoms with Crippen LogP contribution < -0.4 is 4.74 Å². The number of hydrogen-bond acceptors (Lipinski definition) is 2. The molecule has 0 saturated carbocycles. The van der Waals surface area contributed by atoms with Crippen molar-refractivity contribution < 1.29 is 9.47 Å². The summed E-state index contributed by atoms with van der Waals surface area (Å²) in [6.07, 6.45) is 0. The van der Waals surface area contributed by atoms with E-state index in [0.29, 0.717) is 19.1 Å². The van der Waals surface area contributed by atoms with Crippen LogP contribution in [0, 0.1) is 0 Å². The van der Waals surface area contributed by atoms with Crippen molar-refractivity contribution in [2.24, 2.45) is 0 Å². The lowest BCUT2D eigenvalue weighted by Gasteiger charge is -2.40. The van der Waals surface area contributed by atoms with Crippen LogP contribution in [0.4, 0.5) is 0 Å². The average molecular weight is 213 g/mol. The predicted molar refractivity (Wildman–Crippen MR) is 56.2 cm³/mol. The van der Waals surface area contributed by atoms with Gasteiger partial charge in [-0.3, -0.25) is 0 Å². The van der Waals surface area contributed by atoms with Gasteiger partial charge in [0, 0.05) is 5.88 Å². The Labute approximate surface area is 88.8 Å². The second-order valence-corrected chi connectivity index (χ2v) is 3.91. The first-order chi connectivity index (χ1) is 6.80. The van der Waals surface area contributed by atoms with Gasteiger partial charge >= 0.3 is 0 Å². The summed E-state index contributed by atoms with van der Waals surface area (Å²) in [4.78, 5) is 0. The zero-order chi connectivity index (χ0) is 10.0. The van der Waals surface area contributed by atoms with Crippen LogP contribution in [0.2, 0.25) is 0 Å². The molecule has 0 aliphatic carbocycles. The van der Waals surface area contributed by atoms with Crippen LogP contribution >= 0.6 is 11.6 Å². The molecule has 0 atom stereocenters. The normalized spacial score (nSPS) is 18.7. The lowest BCUT2D eigenvalue weighted by atomic mass is 9.80. The lowest BCUT2D eigenvalue weighted by molar-refractivity contribution is -0.0480. The Balaban J connectivity index is 2.30. The zero-order valence-corrected chi connectivity index (χ0v) is 8.88. The average Bonchev–Trinajstić information content (AvgIpc) is 2.18. The standard InChI is InChI=1S/C11H13ClO2/c1-13-10-4-2-3-9(5-10)11(6-12)7-14-8-11/h2-5H,6-8H2,1H3. The summed E-state index contributed by atoms with van der Waals surface area (Å²) in [7, 11) is 1.67. The van der Waals surface area contributed by atoms with Crippen LogP contribution in [-0.2, 0) is 10.2 Å². The molecule has 0 unspecified atom stereocenters. The van der Waals surface area contributed by atoms with Crippen molar-refractivity contribution in [3.8, 4) is 5.75 Å². The van der Waals surface area contributed by atoms with Gasteiger partial charge in [-0.15, -0.1) is 11.6 Å². The Bertz CT molecular complexity index is 315. The first kappa shape index (κ1) is 9.81. The summed E-state index contributed by atoms with van der Waals surface area (Å²) in [6.45, 7) is 1.42. The topological polar surface area (TPSA) is 18.5 Å². The second-order valence-electron chi connectivity index (χ2n) is 3.64. The van der Waals surface area contributed by atoms with Crippen molar-refractivity contribution in [1.82, 2.24) is 0 Å². The van der Waals surface area contributed by atoms with Crippen LogP contribution in [0.3, 0.4) is 0 Å². The van der Waals surface area contributed by atoms with Crippen LogP contribution in [0.1, 0.15) is 5.56 Å². The molecule has 0 spiro atoms. The minimum absolute atomic E-state index is 0.0100. The third-order valence-electron chi connectivity index (χ3n) is 2.69. The number of alkyl halides is 1. The van der Waals surface area contributed by atoms with E-state index in [9.17, 15) is 0 Å². The first-order valence-electron chi connectivity index (χ1n) is 4.59. The summed E-state index contributed by atoms with van der Waals surface area (Å²) in [5.41, 5.74) is 1.22. The van der Waals surface area contributed by atoms with Crippen LogP contribution in [0.25, 0.3) is 0 Å². The molecule has 0 aromatic heterocycles. The number of methoxy groups -OCH3 is 1. The molecular formula is C11H13ClO2. The van der Waals surface area contributed by atoms with Gasteiger partial charge in [-0.1, -0.05) is 12.1 Å². The Hall–Kier alpha value is -0.730. The minimum atomic E-state index is 0.0100. The van der Waals surface area contributed by atoms with E-state index in [1.807, 2.05) is 18.2 Å². The molecule has 14 heavy (non-hydrogen) atoms. The highest BCUT2D eigenvalue weighted by atomic mass is 35.5. The highest BCUT2D eigenvalue weighted by Crippen LogP contribution is 2.34. The van der Waals surface area contributed by atoms with E-state index in [4.69, 9.17) is 21.1 Å². The molecule has 76 valence electrons. The molecule has 0 bridgehead atoms. The summed E-state index contributed by atoms with van der Waals surface area (Å²) in [5, 5.41) is 0. The molecule has 1 fully saturated rings. The second kappa shape index (κ2) is 3.79. The van der Waals surface area contributed by atoms with Crippen molar-refractivity contribution in [2.75, 3.05) is 26.2 Å². The number of ether oxygens (including phenoxy) is 2. The van der Waals surface area contributed by atoms with E-state index in [0.717, 1.165) is 5.75 Å². The molecule has 1 aromatic carbocycles. The van der Waals surface area contributed by atoms with Crippen LogP contribution in [0.5, 0.6) is 5.75 Å². The molecular weight excluding hydrogens is 200 g/mol. The van der Waals surface area contributed by atoms with Gasteiger partial charge in [-0.2, -0.15) is 0 Å². The maximum absolute atomic E-state index is 5.97. The van der Waals surface area contributed by atoms with Crippen molar-refractivity contribution in [3.05, 3.63) is 29.8 Å². The fourth-order valence-corrected chi connectivity index (χ4v) is 1.93. The fourth-order valence-electron chi connectivity index (χ4n) is 1.62. The highest BCUT2D eigenvalue weighted by molar-refractivity contribution is 6.18. The molecule has 0 amide bonds. The first-order valence-corrected chi connectivity index (χ1v) is 5.12. The Kier molecular flexibility index (Phi) is 2.66. The zero-order valence-electron chi connectivity index (χ0n) is 8.13. The van der Waals surface area contributed by atoms with Crippen molar-refractivity contribution in [1.29, 1.82) is 0 Å².